The van der Waals surface area contributed by atoms with E-state index in [2.05, 4.69) is 25.8 Å². The number of rotatable bonds is 9. The molecule has 2 aromatic heterocycles. The molecule has 1 saturated carbocycles. The van der Waals surface area contributed by atoms with E-state index in [0.29, 0.717) is 24.1 Å². The van der Waals surface area contributed by atoms with Gasteiger partial charge in [0, 0.05) is 37.1 Å². The fraction of sp³-hybridized carbons (Fsp3) is 0.438. The van der Waals surface area contributed by atoms with Crippen LogP contribution in [0.4, 0.5) is 8.78 Å². The van der Waals surface area contributed by atoms with Crippen LogP contribution in [0.3, 0.4) is 0 Å². The summed E-state index contributed by atoms with van der Waals surface area (Å²) in [6.45, 7) is 1.29. The molecule has 0 radical (unpaired) electrons. The van der Waals surface area contributed by atoms with Crippen LogP contribution in [0.25, 0.3) is 21.9 Å². The molecule has 10 nitrogen and oxygen atoms in total. The van der Waals surface area contributed by atoms with Crippen molar-refractivity contribution in [3.05, 3.63) is 57.4 Å². The third-order valence-electron chi connectivity index (χ3n) is 9.19. The summed E-state index contributed by atoms with van der Waals surface area (Å²) in [5, 5.41) is 0.737. The lowest BCUT2D eigenvalue weighted by molar-refractivity contribution is 0.0511. The summed E-state index contributed by atoms with van der Waals surface area (Å²) in [7, 11) is 1.47. The van der Waals surface area contributed by atoms with Crippen LogP contribution >= 0.6 is 0 Å². The minimum Gasteiger partial charge on any atom is -0.468 e. The van der Waals surface area contributed by atoms with Crippen LogP contribution in [-0.4, -0.2) is 75.5 Å². The molecule has 2 aliphatic heterocycles. The normalized spacial score (nSPS) is 21.8. The van der Waals surface area contributed by atoms with Crippen LogP contribution in [0.15, 0.2) is 29.1 Å². The summed E-state index contributed by atoms with van der Waals surface area (Å²) < 4.78 is 47.4. The minimum absolute atomic E-state index is 0.0195. The molecule has 4 aromatic rings. The first-order valence-corrected chi connectivity index (χ1v) is 14.8. The number of nitrogens with zero attached hydrogens (tertiary/aromatic N) is 4. The number of ketones is 1. The van der Waals surface area contributed by atoms with Gasteiger partial charge in [0.1, 0.15) is 24.3 Å². The zero-order valence-corrected chi connectivity index (χ0v) is 24.2. The van der Waals surface area contributed by atoms with Gasteiger partial charge >= 0.3 is 0 Å². The van der Waals surface area contributed by atoms with Gasteiger partial charge in [-0.15, -0.1) is 6.42 Å². The smallest absolute Gasteiger partial charge is 0.298 e. The summed E-state index contributed by atoms with van der Waals surface area (Å²) in [4.78, 5) is 41.8. The molecule has 0 spiro atoms. The Labute approximate surface area is 251 Å². The van der Waals surface area contributed by atoms with Gasteiger partial charge in [0.05, 0.1) is 11.1 Å². The number of imidazole rings is 1. The van der Waals surface area contributed by atoms with Crippen LogP contribution in [0.5, 0.6) is 11.8 Å². The molecule has 1 aliphatic carbocycles. The fourth-order valence-electron chi connectivity index (χ4n) is 6.93. The molecule has 3 aliphatic rings. The predicted octanol–water partition coefficient (Wildman–Crippen LogP) is 4.29. The largest absolute Gasteiger partial charge is 0.468 e. The fourth-order valence-corrected chi connectivity index (χ4v) is 6.93. The summed E-state index contributed by atoms with van der Waals surface area (Å²) in [5.74, 6) is 1.47. The van der Waals surface area contributed by atoms with Crippen molar-refractivity contribution in [2.75, 3.05) is 33.6 Å². The zero-order valence-electron chi connectivity index (χ0n) is 24.2. The molecular formula is C32H31F2N5O5. The van der Waals surface area contributed by atoms with Gasteiger partial charge in [-0.25, -0.2) is 13.8 Å². The molecule has 44 heavy (non-hydrogen) atoms. The maximum Gasteiger partial charge on any atom is 0.298 e. The topological polar surface area (TPSA) is 112 Å². The minimum atomic E-state index is -0.918. The number of ether oxygens (including phenoxy) is 3. The molecule has 0 amide bonds. The van der Waals surface area contributed by atoms with Crippen molar-refractivity contribution in [3.63, 3.8) is 0 Å². The van der Waals surface area contributed by atoms with Crippen LogP contribution in [0.2, 0.25) is 0 Å². The number of fused-ring (bicyclic) bond motifs is 3. The quantitative estimate of drug-likeness (QED) is 0.171. The second-order valence-electron chi connectivity index (χ2n) is 11.8. The van der Waals surface area contributed by atoms with Crippen molar-refractivity contribution >= 4 is 27.7 Å². The van der Waals surface area contributed by atoms with Gasteiger partial charge < -0.3 is 18.8 Å². The molecule has 4 heterocycles. The summed E-state index contributed by atoms with van der Waals surface area (Å²) in [5.41, 5.74) is -0.724. The maximum atomic E-state index is 14.9. The first-order chi connectivity index (χ1) is 21.3. The number of carbonyl (C=O) groups excluding carboxylic acids is 1. The van der Waals surface area contributed by atoms with Crippen molar-refractivity contribution in [2.45, 2.75) is 56.3 Å². The van der Waals surface area contributed by atoms with E-state index in [1.807, 2.05) is 0 Å². The highest BCUT2D eigenvalue weighted by molar-refractivity contribution is 6.17. The van der Waals surface area contributed by atoms with E-state index in [9.17, 15) is 18.4 Å². The molecule has 3 fully saturated rings. The van der Waals surface area contributed by atoms with Gasteiger partial charge in [-0.1, -0.05) is 12.0 Å². The Morgan fingerprint density at radius 1 is 1.23 bits per heavy atom. The lowest BCUT2D eigenvalue weighted by Crippen LogP contribution is -2.43. The van der Waals surface area contributed by atoms with Crippen LogP contribution < -0.4 is 15.0 Å². The summed E-state index contributed by atoms with van der Waals surface area (Å²) in [6.07, 6.45) is 9.32. The number of benzene rings is 2. The third-order valence-corrected chi connectivity index (χ3v) is 9.19. The molecule has 2 atom stereocenters. The lowest BCUT2D eigenvalue weighted by atomic mass is 9.91. The Kier molecular flexibility index (Phi) is 7.10. The molecule has 0 bridgehead atoms. The monoisotopic (exact) mass is 603 g/mol. The molecule has 12 heteroatoms. The molecule has 2 saturated heterocycles. The Bertz CT molecular complexity index is 1890. The highest BCUT2D eigenvalue weighted by Gasteiger charge is 2.49. The second-order valence-corrected chi connectivity index (χ2v) is 11.8. The first kappa shape index (κ1) is 28.4. The average molecular weight is 604 g/mol. The Morgan fingerprint density at radius 2 is 2.07 bits per heavy atom. The Balaban J connectivity index is 1.33. The molecular weight excluding hydrogens is 572 g/mol. The van der Waals surface area contributed by atoms with Crippen molar-refractivity contribution in [2.24, 2.45) is 0 Å². The lowest BCUT2D eigenvalue weighted by Gasteiger charge is -2.30. The Morgan fingerprint density at radius 3 is 2.82 bits per heavy atom. The number of carbonyl (C=O) groups is 1. The van der Waals surface area contributed by atoms with E-state index in [4.69, 9.17) is 20.6 Å². The number of terminal acetylenes is 1. The van der Waals surface area contributed by atoms with Gasteiger partial charge in [0.25, 0.3) is 11.6 Å². The number of alkyl halides is 1. The number of methoxy groups -OCH3 is 1. The van der Waals surface area contributed by atoms with E-state index < -0.39 is 28.9 Å². The summed E-state index contributed by atoms with van der Waals surface area (Å²) in [6, 6.07) is 5.70. The van der Waals surface area contributed by atoms with Gasteiger partial charge in [-0.05, 0) is 62.2 Å². The molecule has 2 aromatic carbocycles. The number of hydrogen-bond acceptors (Lipinski definition) is 8. The number of halogens is 2. The van der Waals surface area contributed by atoms with Crippen LogP contribution in [0, 0.1) is 18.2 Å². The molecule has 0 unspecified atom stereocenters. The second kappa shape index (κ2) is 11.0. The van der Waals surface area contributed by atoms with Crippen LogP contribution in [0.1, 0.15) is 66.3 Å². The first-order valence-electron chi connectivity index (χ1n) is 14.8. The van der Waals surface area contributed by atoms with E-state index in [-0.39, 0.29) is 59.0 Å². The number of aromatic nitrogens is 4. The van der Waals surface area contributed by atoms with Gasteiger partial charge in [0.15, 0.2) is 23.8 Å². The molecule has 7 rings (SSSR count). The third kappa shape index (κ3) is 4.62. The highest BCUT2D eigenvalue weighted by Crippen LogP contribution is 2.41. The van der Waals surface area contributed by atoms with Gasteiger partial charge in [0.2, 0.25) is 5.78 Å². The Hall–Kier alpha value is -4.34. The van der Waals surface area contributed by atoms with Crippen molar-refractivity contribution in [1.82, 2.24) is 24.4 Å². The molecule has 228 valence electrons. The van der Waals surface area contributed by atoms with Gasteiger partial charge in [-0.2, -0.15) is 4.98 Å². The van der Waals surface area contributed by atoms with E-state index in [1.54, 1.807) is 10.6 Å². The predicted molar refractivity (Wildman–Crippen MR) is 157 cm³/mol. The standard InChI is InChI=1S/C32H31F2N5O5/c1-3-22-24(34)9-8-18-12-21(44-17-42-2)13-23(25(18)22)27(40)29-35-28-26(39(29)20-6-4-7-20)30(41)37-31(36-28)43-16-32-10-5-11-38(32)15-19(33)14-32/h1,8-9,12-13,19-20H,4-7,10-11,14-17H2,2H3,(H,36,37,41)/t19-,32+/m1/s1. The average Bonchev–Trinajstić information content (AvgIpc) is 3.64. The van der Waals surface area contributed by atoms with Gasteiger partial charge in [-0.3, -0.25) is 19.5 Å². The van der Waals surface area contributed by atoms with E-state index >= 15 is 0 Å². The number of hydrogen-bond donors (Lipinski definition) is 1. The van der Waals surface area contributed by atoms with Crippen molar-refractivity contribution in [1.29, 1.82) is 0 Å². The van der Waals surface area contributed by atoms with Crippen molar-refractivity contribution in [3.8, 4) is 24.1 Å². The van der Waals surface area contributed by atoms with E-state index in [1.165, 1.54) is 25.3 Å². The van der Waals surface area contributed by atoms with E-state index in [0.717, 1.165) is 38.6 Å². The van der Waals surface area contributed by atoms with Crippen molar-refractivity contribution < 1.29 is 27.8 Å². The number of H-pyrrole nitrogens is 1. The molecule has 1 N–H and O–H groups in total. The summed E-state index contributed by atoms with van der Waals surface area (Å²) >= 11 is 0. The zero-order chi connectivity index (χ0) is 30.6. The maximum absolute atomic E-state index is 14.9. The number of nitrogens with one attached hydrogen (secondary N) is 1. The highest BCUT2D eigenvalue weighted by atomic mass is 19.1. The van der Waals surface area contributed by atoms with Crippen LogP contribution in [-0.2, 0) is 4.74 Å². The number of aromatic amines is 1. The SMILES string of the molecule is C#Cc1c(F)ccc2cc(OCOC)cc(C(=O)c3nc4nc(OC[C@@]56CCCN5C[C@H](F)C6)[nH]c(=O)c4n3C3CCC3)c12.